The lowest BCUT2D eigenvalue weighted by Crippen LogP contribution is -2.36. The second-order valence-electron chi connectivity index (χ2n) is 7.66. The second kappa shape index (κ2) is 6.76. The molecule has 1 saturated heterocycles. The standard InChI is InChI=1S/C19H23N3O4S/c1-19(2)9-12(7-8-26-19)22-17-15(18(25)21-22)16(27-10-14(24)20-17)11-3-5-13(23)6-4-11/h3-6,12,16,23H,7-10H2,1-2H3,(H,20,24)(H,21,25)/t12-,16-/m0/s1. The zero-order valence-corrected chi connectivity index (χ0v) is 16.1. The third-order valence-electron chi connectivity index (χ3n) is 5.10. The number of ether oxygens (including phenoxy) is 1. The molecule has 144 valence electrons. The van der Waals surface area contributed by atoms with Gasteiger partial charge in [-0.15, -0.1) is 11.8 Å². The summed E-state index contributed by atoms with van der Waals surface area (Å²) in [5, 5.41) is 15.2. The molecule has 0 spiro atoms. The molecular weight excluding hydrogens is 366 g/mol. The number of carbonyl (C=O) groups excluding carboxylic acids is 1. The molecule has 8 heteroatoms. The summed E-state index contributed by atoms with van der Waals surface area (Å²) in [5.41, 5.74) is 0.964. The van der Waals surface area contributed by atoms with Gasteiger partial charge in [-0.2, -0.15) is 0 Å². The van der Waals surface area contributed by atoms with Crippen molar-refractivity contribution < 1.29 is 14.6 Å². The Kier molecular flexibility index (Phi) is 4.55. The molecule has 0 bridgehead atoms. The minimum Gasteiger partial charge on any atom is -0.508 e. The van der Waals surface area contributed by atoms with E-state index in [-0.39, 0.29) is 39.9 Å². The summed E-state index contributed by atoms with van der Waals surface area (Å²) in [6.07, 6.45) is 1.52. The van der Waals surface area contributed by atoms with Crippen LogP contribution in [0.3, 0.4) is 0 Å². The largest absolute Gasteiger partial charge is 0.508 e. The number of hydrogen-bond acceptors (Lipinski definition) is 5. The normalized spacial score (nSPS) is 24.7. The van der Waals surface area contributed by atoms with Crippen LogP contribution in [-0.2, 0) is 9.53 Å². The maximum absolute atomic E-state index is 12.9. The molecule has 4 rings (SSSR count). The molecule has 3 heterocycles. The quantitative estimate of drug-likeness (QED) is 0.734. The average molecular weight is 389 g/mol. The summed E-state index contributed by atoms with van der Waals surface area (Å²) in [7, 11) is 0. The summed E-state index contributed by atoms with van der Waals surface area (Å²) < 4.78 is 7.61. The highest BCUT2D eigenvalue weighted by Crippen LogP contribution is 2.42. The molecule has 7 nitrogen and oxygen atoms in total. The molecule has 1 fully saturated rings. The van der Waals surface area contributed by atoms with Crippen molar-refractivity contribution in [2.45, 2.75) is 43.6 Å². The zero-order chi connectivity index (χ0) is 19.2. The third-order valence-corrected chi connectivity index (χ3v) is 6.37. The number of nitrogens with zero attached hydrogens (tertiary/aromatic N) is 1. The molecule has 1 aromatic carbocycles. The minimum absolute atomic E-state index is 0.0501. The summed E-state index contributed by atoms with van der Waals surface area (Å²) in [6, 6.07) is 6.83. The molecule has 27 heavy (non-hydrogen) atoms. The first-order valence-corrected chi connectivity index (χ1v) is 10.1. The maximum atomic E-state index is 12.9. The molecule has 1 aromatic heterocycles. The number of rotatable bonds is 2. The number of aromatic amines is 1. The van der Waals surface area contributed by atoms with E-state index < -0.39 is 0 Å². The lowest BCUT2D eigenvalue weighted by Gasteiger charge is -2.36. The number of carbonyl (C=O) groups is 1. The SMILES string of the molecule is CC1(C)C[C@@H](n2[nH]c(=O)c3c2NC(=O)CS[C@H]3c2ccc(O)cc2)CCO1. The number of hydrogen-bond donors (Lipinski definition) is 3. The second-order valence-corrected chi connectivity index (χ2v) is 8.75. The average Bonchev–Trinajstić information content (AvgIpc) is 2.81. The van der Waals surface area contributed by atoms with E-state index in [9.17, 15) is 14.7 Å². The van der Waals surface area contributed by atoms with E-state index in [0.717, 1.165) is 18.4 Å². The molecule has 1 amide bonds. The van der Waals surface area contributed by atoms with E-state index in [2.05, 4.69) is 10.4 Å². The van der Waals surface area contributed by atoms with E-state index in [1.165, 1.54) is 11.8 Å². The lowest BCUT2D eigenvalue weighted by atomic mass is 9.94. The van der Waals surface area contributed by atoms with Crippen molar-refractivity contribution in [2.75, 3.05) is 17.7 Å². The van der Waals surface area contributed by atoms with Gasteiger partial charge < -0.3 is 15.2 Å². The molecular formula is C19H23N3O4S. The Morgan fingerprint density at radius 3 is 2.70 bits per heavy atom. The number of thioether (sulfide) groups is 1. The number of phenolic OH excluding ortho intramolecular Hbond substituents is 1. The summed E-state index contributed by atoms with van der Waals surface area (Å²) >= 11 is 1.42. The van der Waals surface area contributed by atoms with Gasteiger partial charge in [-0.25, -0.2) is 0 Å². The fourth-order valence-electron chi connectivity index (χ4n) is 3.85. The van der Waals surface area contributed by atoms with Crippen LogP contribution in [0.5, 0.6) is 5.75 Å². The summed E-state index contributed by atoms with van der Waals surface area (Å²) in [4.78, 5) is 25.2. The van der Waals surface area contributed by atoms with Crippen LogP contribution in [0.2, 0.25) is 0 Å². The molecule has 0 saturated carbocycles. The molecule has 3 N–H and O–H groups in total. The van der Waals surface area contributed by atoms with Crippen LogP contribution in [0, 0.1) is 0 Å². The monoisotopic (exact) mass is 389 g/mol. The number of phenols is 1. The fourth-order valence-corrected chi connectivity index (χ4v) is 4.98. The molecule has 0 aliphatic carbocycles. The molecule has 2 aromatic rings. The first-order chi connectivity index (χ1) is 12.8. The highest BCUT2D eigenvalue weighted by atomic mass is 32.2. The van der Waals surface area contributed by atoms with Crippen LogP contribution in [0.15, 0.2) is 29.1 Å². The Bertz CT molecular complexity index is 916. The molecule has 2 aliphatic rings. The van der Waals surface area contributed by atoms with Crippen molar-refractivity contribution in [1.82, 2.24) is 9.78 Å². The molecule has 2 aliphatic heterocycles. The van der Waals surface area contributed by atoms with Crippen LogP contribution < -0.4 is 10.9 Å². The number of H-pyrrole nitrogens is 1. The third kappa shape index (κ3) is 3.51. The van der Waals surface area contributed by atoms with Crippen molar-refractivity contribution in [2.24, 2.45) is 0 Å². The smallest absolute Gasteiger partial charge is 0.270 e. The number of benzene rings is 1. The van der Waals surface area contributed by atoms with Crippen LogP contribution in [0.1, 0.15) is 49.1 Å². The first kappa shape index (κ1) is 18.2. The number of aromatic nitrogens is 2. The van der Waals surface area contributed by atoms with Gasteiger partial charge in [0.05, 0.1) is 28.2 Å². The van der Waals surface area contributed by atoms with E-state index in [1.54, 1.807) is 24.3 Å². The predicted molar refractivity (Wildman–Crippen MR) is 104 cm³/mol. The van der Waals surface area contributed by atoms with Crippen LogP contribution >= 0.6 is 11.8 Å². The molecule has 2 atom stereocenters. The minimum atomic E-state index is -0.281. The van der Waals surface area contributed by atoms with E-state index >= 15 is 0 Å². The molecule has 0 radical (unpaired) electrons. The Balaban J connectivity index is 1.80. The van der Waals surface area contributed by atoms with Gasteiger partial charge in [0.15, 0.2) is 0 Å². The predicted octanol–water partition coefficient (Wildman–Crippen LogP) is 2.79. The van der Waals surface area contributed by atoms with E-state index in [1.807, 2.05) is 18.5 Å². The Labute approximate surface area is 161 Å². The summed E-state index contributed by atoms with van der Waals surface area (Å²) in [5.74, 6) is 0.860. The van der Waals surface area contributed by atoms with Gasteiger partial charge in [0.2, 0.25) is 5.91 Å². The Morgan fingerprint density at radius 2 is 2.00 bits per heavy atom. The summed E-state index contributed by atoms with van der Waals surface area (Å²) in [6.45, 7) is 4.68. The van der Waals surface area contributed by atoms with E-state index in [4.69, 9.17) is 4.74 Å². The number of fused-ring (bicyclic) bond motifs is 1. The van der Waals surface area contributed by atoms with Gasteiger partial charge in [0.1, 0.15) is 11.6 Å². The Hall–Kier alpha value is -2.19. The lowest BCUT2D eigenvalue weighted by molar-refractivity contribution is -0.113. The number of nitrogens with one attached hydrogen (secondary N) is 2. The first-order valence-electron chi connectivity index (χ1n) is 9.03. The molecule has 0 unspecified atom stereocenters. The van der Waals surface area contributed by atoms with Gasteiger partial charge in [-0.3, -0.25) is 19.4 Å². The van der Waals surface area contributed by atoms with Gasteiger partial charge in [0.25, 0.3) is 5.56 Å². The Morgan fingerprint density at radius 1 is 1.26 bits per heavy atom. The van der Waals surface area contributed by atoms with Gasteiger partial charge in [0, 0.05) is 6.61 Å². The van der Waals surface area contributed by atoms with Crippen LogP contribution in [0.25, 0.3) is 0 Å². The van der Waals surface area contributed by atoms with E-state index in [0.29, 0.717) is 18.0 Å². The van der Waals surface area contributed by atoms with Gasteiger partial charge in [-0.1, -0.05) is 12.1 Å². The van der Waals surface area contributed by atoms with Crippen molar-refractivity contribution in [3.63, 3.8) is 0 Å². The van der Waals surface area contributed by atoms with Crippen molar-refractivity contribution in [1.29, 1.82) is 0 Å². The van der Waals surface area contributed by atoms with Crippen LogP contribution in [0.4, 0.5) is 5.82 Å². The number of aromatic hydroxyl groups is 1. The maximum Gasteiger partial charge on any atom is 0.270 e. The number of amides is 1. The van der Waals surface area contributed by atoms with Crippen molar-refractivity contribution in [3.8, 4) is 5.75 Å². The van der Waals surface area contributed by atoms with Gasteiger partial charge >= 0.3 is 0 Å². The topological polar surface area (TPSA) is 96.4 Å². The zero-order valence-electron chi connectivity index (χ0n) is 15.3. The van der Waals surface area contributed by atoms with Crippen LogP contribution in [-0.4, -0.2) is 38.8 Å². The van der Waals surface area contributed by atoms with Crippen molar-refractivity contribution in [3.05, 3.63) is 45.7 Å². The van der Waals surface area contributed by atoms with Crippen molar-refractivity contribution >= 4 is 23.5 Å². The highest BCUT2D eigenvalue weighted by Gasteiger charge is 2.35. The van der Waals surface area contributed by atoms with Gasteiger partial charge in [-0.05, 0) is 44.4 Å². The number of anilines is 1. The highest BCUT2D eigenvalue weighted by molar-refractivity contribution is 8.00. The fraction of sp³-hybridized carbons (Fsp3) is 0.474.